The van der Waals surface area contributed by atoms with Gasteiger partial charge in [-0.2, -0.15) is 0 Å². The van der Waals surface area contributed by atoms with Crippen LogP contribution in [0.2, 0.25) is 0 Å². The van der Waals surface area contributed by atoms with Crippen LogP contribution >= 0.6 is 0 Å². The first kappa shape index (κ1) is 17.0. The van der Waals surface area contributed by atoms with E-state index in [0.29, 0.717) is 18.8 Å². The second-order valence-electron chi connectivity index (χ2n) is 5.67. The lowest BCUT2D eigenvalue weighted by atomic mass is 10.3. The molecule has 0 spiro atoms. The van der Waals surface area contributed by atoms with Gasteiger partial charge in [0.2, 0.25) is 0 Å². The van der Waals surface area contributed by atoms with Gasteiger partial charge in [0, 0.05) is 18.8 Å². The predicted molar refractivity (Wildman–Crippen MR) is 87.8 cm³/mol. The molecule has 0 aliphatic rings. The Morgan fingerprint density at radius 1 is 1.13 bits per heavy atom. The third-order valence-corrected chi connectivity index (χ3v) is 3.34. The second-order valence-corrected chi connectivity index (χ2v) is 5.67. The number of halogens is 1. The summed E-state index contributed by atoms with van der Waals surface area (Å²) < 4.78 is 18.5. The van der Waals surface area contributed by atoms with Gasteiger partial charge in [-0.1, -0.05) is 0 Å². The molecule has 6 heteroatoms. The highest BCUT2D eigenvalue weighted by Crippen LogP contribution is 2.13. The van der Waals surface area contributed by atoms with E-state index in [9.17, 15) is 9.18 Å². The molecular weight excluding hydrogens is 297 g/mol. The Morgan fingerprint density at radius 2 is 1.83 bits per heavy atom. The third-order valence-electron chi connectivity index (χ3n) is 3.34. The Morgan fingerprint density at radius 3 is 2.39 bits per heavy atom. The third kappa shape index (κ3) is 5.41. The van der Waals surface area contributed by atoms with E-state index >= 15 is 0 Å². The van der Waals surface area contributed by atoms with E-state index in [-0.39, 0.29) is 11.8 Å². The Balaban J connectivity index is 2.04. The number of hydrogen-bond acceptors (Lipinski definition) is 3. The molecule has 0 unspecified atom stereocenters. The predicted octanol–water partition coefficient (Wildman–Crippen LogP) is 3.32. The van der Waals surface area contributed by atoms with Crippen LogP contribution in [-0.4, -0.2) is 43.0 Å². The molecule has 0 aliphatic carbocycles. The van der Waals surface area contributed by atoms with Crippen LogP contribution < -0.4 is 5.32 Å². The van der Waals surface area contributed by atoms with Crippen LogP contribution in [0.25, 0.3) is 0 Å². The highest BCUT2D eigenvalue weighted by Gasteiger charge is 2.16. The van der Waals surface area contributed by atoms with Gasteiger partial charge in [0.05, 0.1) is 6.54 Å². The topological polar surface area (TPSA) is 48.7 Å². The molecule has 0 radical (unpaired) electrons. The molecule has 0 fully saturated rings. The zero-order valence-electron chi connectivity index (χ0n) is 13.7. The van der Waals surface area contributed by atoms with Crippen LogP contribution in [0.1, 0.15) is 11.5 Å². The maximum absolute atomic E-state index is 12.9. The van der Waals surface area contributed by atoms with Crippen molar-refractivity contribution in [3.63, 3.8) is 0 Å². The lowest BCUT2D eigenvalue weighted by molar-refractivity contribution is 0.196. The summed E-state index contributed by atoms with van der Waals surface area (Å²) in [5, 5.41) is 2.78. The average Bonchev–Trinajstić information content (AvgIpc) is 2.91. The maximum atomic E-state index is 12.9. The number of likely N-dealkylation sites (N-methyl/N-ethyl adjacent to an activating group) is 1. The molecule has 0 aliphatic heterocycles. The molecule has 124 valence electrons. The second kappa shape index (κ2) is 7.78. The van der Waals surface area contributed by atoms with Gasteiger partial charge in [0.25, 0.3) is 0 Å². The zero-order valence-corrected chi connectivity index (χ0v) is 13.7. The van der Waals surface area contributed by atoms with Crippen molar-refractivity contribution in [3.8, 4) is 0 Å². The Hall–Kier alpha value is -2.34. The van der Waals surface area contributed by atoms with E-state index in [1.807, 2.05) is 38.1 Å². The minimum atomic E-state index is -0.335. The fraction of sp³-hybridized carbons (Fsp3) is 0.353. The van der Waals surface area contributed by atoms with E-state index in [1.54, 1.807) is 4.90 Å². The van der Waals surface area contributed by atoms with Crippen LogP contribution in [0, 0.1) is 12.7 Å². The molecule has 0 saturated carbocycles. The van der Waals surface area contributed by atoms with Crippen LogP contribution in [0.15, 0.2) is 40.8 Å². The Bertz CT molecular complexity index is 638. The van der Waals surface area contributed by atoms with Gasteiger partial charge in [-0.15, -0.1) is 0 Å². The summed E-state index contributed by atoms with van der Waals surface area (Å²) in [4.78, 5) is 16.2. The molecule has 2 aromatic rings. The highest BCUT2D eigenvalue weighted by atomic mass is 19.1. The van der Waals surface area contributed by atoms with E-state index in [1.165, 1.54) is 24.3 Å². The maximum Gasteiger partial charge on any atom is 0.322 e. The Kier molecular flexibility index (Phi) is 5.76. The molecule has 2 rings (SSSR count). The summed E-state index contributed by atoms with van der Waals surface area (Å²) in [7, 11) is 3.90. The number of nitrogens with one attached hydrogen (secondary N) is 1. The monoisotopic (exact) mass is 319 g/mol. The molecule has 23 heavy (non-hydrogen) atoms. The summed E-state index contributed by atoms with van der Waals surface area (Å²) in [6, 6.07) is 9.20. The minimum Gasteiger partial charge on any atom is -0.464 e. The van der Waals surface area contributed by atoms with Crippen molar-refractivity contribution < 1.29 is 13.6 Å². The van der Waals surface area contributed by atoms with E-state index in [0.717, 1.165) is 18.1 Å². The molecule has 1 aromatic carbocycles. The number of carbonyl (C=O) groups is 1. The first-order valence-electron chi connectivity index (χ1n) is 7.45. The van der Waals surface area contributed by atoms with Crippen molar-refractivity contribution in [2.75, 3.05) is 32.5 Å². The number of carbonyl (C=O) groups excluding carboxylic acids is 1. The molecule has 0 bridgehead atoms. The van der Waals surface area contributed by atoms with Gasteiger partial charge in [-0.05, 0) is 57.4 Å². The number of anilines is 1. The van der Waals surface area contributed by atoms with Crippen molar-refractivity contribution in [2.24, 2.45) is 0 Å². The number of amides is 2. The normalized spacial score (nSPS) is 10.8. The number of benzene rings is 1. The first-order chi connectivity index (χ1) is 10.9. The molecule has 2 amide bonds. The summed E-state index contributed by atoms with van der Waals surface area (Å²) >= 11 is 0. The summed E-state index contributed by atoms with van der Waals surface area (Å²) in [5.41, 5.74) is 0.557. The molecule has 0 atom stereocenters. The van der Waals surface area contributed by atoms with E-state index in [2.05, 4.69) is 5.32 Å². The number of aryl methyl sites for hydroxylation is 1. The molecule has 0 saturated heterocycles. The largest absolute Gasteiger partial charge is 0.464 e. The van der Waals surface area contributed by atoms with Crippen molar-refractivity contribution in [1.29, 1.82) is 0 Å². The number of nitrogens with zero attached hydrogens (tertiary/aromatic N) is 2. The smallest absolute Gasteiger partial charge is 0.322 e. The fourth-order valence-electron chi connectivity index (χ4n) is 2.07. The van der Waals surface area contributed by atoms with E-state index in [4.69, 9.17) is 4.42 Å². The Labute approximate surface area is 135 Å². The SMILES string of the molecule is Cc1ccc(CN(CCN(C)C)C(=O)Nc2ccc(F)cc2)o1. The lowest BCUT2D eigenvalue weighted by Gasteiger charge is -2.24. The number of urea groups is 1. The summed E-state index contributed by atoms with van der Waals surface area (Å²) in [6.45, 7) is 3.54. The molecule has 1 N–H and O–H groups in total. The minimum absolute atomic E-state index is 0.243. The quantitative estimate of drug-likeness (QED) is 0.888. The molecule has 1 heterocycles. The standard InChI is InChI=1S/C17H22FN3O2/c1-13-4-9-16(23-13)12-21(11-10-20(2)3)17(22)19-15-7-5-14(18)6-8-15/h4-9H,10-12H2,1-3H3,(H,19,22). The molecule has 1 aromatic heterocycles. The van der Waals surface area contributed by atoms with Crippen LogP contribution in [0.5, 0.6) is 0 Å². The van der Waals surface area contributed by atoms with Gasteiger partial charge in [-0.25, -0.2) is 9.18 Å². The zero-order chi connectivity index (χ0) is 16.8. The molecule has 5 nitrogen and oxygen atoms in total. The number of rotatable bonds is 6. The number of furan rings is 1. The van der Waals surface area contributed by atoms with Crippen molar-refractivity contribution in [1.82, 2.24) is 9.80 Å². The lowest BCUT2D eigenvalue weighted by Crippen LogP contribution is -2.38. The summed E-state index contributed by atoms with van der Waals surface area (Å²) in [6.07, 6.45) is 0. The van der Waals surface area contributed by atoms with Crippen molar-refractivity contribution >= 4 is 11.7 Å². The number of hydrogen-bond donors (Lipinski definition) is 1. The average molecular weight is 319 g/mol. The fourth-order valence-corrected chi connectivity index (χ4v) is 2.07. The van der Waals surface area contributed by atoms with Gasteiger partial charge in [0.15, 0.2) is 0 Å². The van der Waals surface area contributed by atoms with E-state index < -0.39 is 0 Å². The van der Waals surface area contributed by atoms with Crippen LogP contribution in [0.3, 0.4) is 0 Å². The van der Waals surface area contributed by atoms with Crippen LogP contribution in [0.4, 0.5) is 14.9 Å². The van der Waals surface area contributed by atoms with Crippen molar-refractivity contribution in [3.05, 3.63) is 53.7 Å². The van der Waals surface area contributed by atoms with Gasteiger partial charge in [-0.3, -0.25) is 0 Å². The van der Waals surface area contributed by atoms with Gasteiger partial charge < -0.3 is 19.5 Å². The van der Waals surface area contributed by atoms with Gasteiger partial charge >= 0.3 is 6.03 Å². The highest BCUT2D eigenvalue weighted by molar-refractivity contribution is 5.89. The van der Waals surface area contributed by atoms with Crippen molar-refractivity contribution in [2.45, 2.75) is 13.5 Å². The summed E-state index contributed by atoms with van der Waals surface area (Å²) in [5.74, 6) is 1.21. The van der Waals surface area contributed by atoms with Crippen LogP contribution in [-0.2, 0) is 6.54 Å². The van der Waals surface area contributed by atoms with Gasteiger partial charge in [0.1, 0.15) is 17.3 Å². The first-order valence-corrected chi connectivity index (χ1v) is 7.45. The molecular formula is C17H22FN3O2.